The molecule has 1 rings (SSSR count). The molecule has 1 aromatic rings. The monoisotopic (exact) mass is 224 g/mol. The Balaban J connectivity index is 2.80. The molecule has 88 valence electrons. The van der Waals surface area contributed by atoms with Gasteiger partial charge in [-0.05, 0) is 30.5 Å². The Morgan fingerprint density at radius 2 is 2.00 bits per heavy atom. The fourth-order valence-corrected chi connectivity index (χ4v) is 1.55. The highest BCUT2D eigenvalue weighted by molar-refractivity contribution is 5.64. The second-order valence-electron chi connectivity index (χ2n) is 4.02. The van der Waals surface area contributed by atoms with Crippen molar-refractivity contribution < 1.29 is 14.6 Å². The molecule has 0 aromatic heterocycles. The number of hydrogen-bond acceptors (Lipinski definition) is 2. The average Bonchev–Trinajstić information content (AvgIpc) is 2.25. The minimum absolute atomic E-state index is 0.122. The molecule has 2 N–H and O–H groups in total. The number of allylic oxidation sites excluding steroid dienone is 1. The topological polar surface area (TPSA) is 40.5 Å². The summed E-state index contributed by atoms with van der Waals surface area (Å²) in [6, 6.07) is 4.95. The summed E-state index contributed by atoms with van der Waals surface area (Å²) in [5, 5.41) is 17.9. The predicted molar refractivity (Wildman–Crippen MR) is 62.4 cm³/mol. The first-order valence-electron chi connectivity index (χ1n) is 5.24. The number of rotatable bonds is 5. The summed E-state index contributed by atoms with van der Waals surface area (Å²) in [5.41, 5.74) is 1.91. The molecule has 0 unspecified atom stereocenters. The van der Waals surface area contributed by atoms with Crippen molar-refractivity contribution in [3.63, 3.8) is 0 Å². The van der Waals surface area contributed by atoms with Gasteiger partial charge in [0.05, 0.1) is 0 Å². The van der Waals surface area contributed by atoms with Crippen LogP contribution >= 0.6 is 0 Å². The number of aliphatic hydroxyl groups is 2. The molecule has 0 spiro atoms. The number of aliphatic hydroxyl groups excluding tert-OH is 2. The van der Waals surface area contributed by atoms with Crippen molar-refractivity contribution >= 4 is 5.57 Å². The van der Waals surface area contributed by atoms with E-state index < -0.39 is 0 Å². The van der Waals surface area contributed by atoms with Gasteiger partial charge in [0, 0.05) is 24.7 Å². The summed E-state index contributed by atoms with van der Waals surface area (Å²) in [6.07, 6.45) is 0.396. The average molecular weight is 224 g/mol. The molecule has 0 aliphatic heterocycles. The number of benzene rings is 1. The van der Waals surface area contributed by atoms with Crippen molar-refractivity contribution in [1.82, 2.24) is 0 Å². The molecule has 0 bridgehead atoms. The quantitative estimate of drug-likeness (QED) is 0.804. The Bertz CT molecular complexity index is 370. The fraction of sp³-hybridized carbons (Fsp3) is 0.385. The smallest absolute Gasteiger partial charge is 0.130 e. The van der Waals surface area contributed by atoms with Gasteiger partial charge in [-0.25, -0.2) is 4.39 Å². The molecule has 0 aliphatic carbocycles. The summed E-state index contributed by atoms with van der Waals surface area (Å²) in [7, 11) is 0. The predicted octanol–water partition coefficient (Wildman–Crippen LogP) is 2.14. The minimum Gasteiger partial charge on any atom is -0.396 e. The first-order chi connectivity index (χ1) is 7.58. The van der Waals surface area contributed by atoms with Crippen LogP contribution < -0.4 is 0 Å². The molecule has 0 heterocycles. The van der Waals surface area contributed by atoms with Gasteiger partial charge in [0.15, 0.2) is 0 Å². The van der Waals surface area contributed by atoms with E-state index >= 15 is 0 Å². The molecule has 0 atom stereocenters. The van der Waals surface area contributed by atoms with Crippen LogP contribution in [-0.4, -0.2) is 23.4 Å². The van der Waals surface area contributed by atoms with Crippen LogP contribution in [0.25, 0.3) is 5.57 Å². The lowest BCUT2D eigenvalue weighted by atomic mass is 9.95. The van der Waals surface area contributed by atoms with Crippen LogP contribution in [0, 0.1) is 18.7 Å². The lowest BCUT2D eigenvalue weighted by molar-refractivity contribution is 0.153. The van der Waals surface area contributed by atoms with Crippen molar-refractivity contribution in [2.75, 3.05) is 13.2 Å². The second kappa shape index (κ2) is 5.77. The van der Waals surface area contributed by atoms with Crippen molar-refractivity contribution in [3.05, 3.63) is 41.7 Å². The number of halogens is 1. The van der Waals surface area contributed by atoms with Crippen LogP contribution in [0.15, 0.2) is 24.8 Å². The number of hydrogen-bond donors (Lipinski definition) is 2. The van der Waals surface area contributed by atoms with Crippen molar-refractivity contribution in [3.8, 4) is 0 Å². The lowest BCUT2D eigenvalue weighted by Gasteiger charge is -2.13. The van der Waals surface area contributed by atoms with E-state index in [-0.39, 0.29) is 24.9 Å². The zero-order valence-electron chi connectivity index (χ0n) is 9.41. The Hall–Kier alpha value is -1.19. The highest BCUT2D eigenvalue weighted by atomic mass is 19.1. The minimum atomic E-state index is -0.306. The highest BCUT2D eigenvalue weighted by Gasteiger charge is 2.12. The van der Waals surface area contributed by atoms with Crippen LogP contribution in [0.2, 0.25) is 0 Å². The van der Waals surface area contributed by atoms with Gasteiger partial charge in [-0.15, -0.1) is 0 Å². The molecule has 0 radical (unpaired) electrons. The maximum atomic E-state index is 13.6. The molecule has 1 aromatic carbocycles. The van der Waals surface area contributed by atoms with Crippen molar-refractivity contribution in [2.45, 2.75) is 13.3 Å². The van der Waals surface area contributed by atoms with Gasteiger partial charge in [0.2, 0.25) is 0 Å². The van der Waals surface area contributed by atoms with Gasteiger partial charge in [0.25, 0.3) is 0 Å². The van der Waals surface area contributed by atoms with E-state index in [0.717, 1.165) is 5.56 Å². The van der Waals surface area contributed by atoms with E-state index in [2.05, 4.69) is 6.58 Å². The van der Waals surface area contributed by atoms with Crippen LogP contribution in [-0.2, 0) is 0 Å². The van der Waals surface area contributed by atoms with Crippen molar-refractivity contribution in [2.24, 2.45) is 5.92 Å². The summed E-state index contributed by atoms with van der Waals surface area (Å²) < 4.78 is 13.6. The van der Waals surface area contributed by atoms with Gasteiger partial charge in [-0.3, -0.25) is 0 Å². The first kappa shape index (κ1) is 12.9. The Kier molecular flexibility index (Phi) is 4.65. The maximum Gasteiger partial charge on any atom is 0.130 e. The van der Waals surface area contributed by atoms with Crippen LogP contribution in [0.5, 0.6) is 0 Å². The van der Waals surface area contributed by atoms with Crippen LogP contribution in [0.3, 0.4) is 0 Å². The first-order valence-corrected chi connectivity index (χ1v) is 5.24. The summed E-state index contributed by atoms with van der Waals surface area (Å²) in [6.45, 7) is 5.36. The molecule has 16 heavy (non-hydrogen) atoms. The highest BCUT2D eigenvalue weighted by Crippen LogP contribution is 2.23. The van der Waals surface area contributed by atoms with E-state index in [4.69, 9.17) is 10.2 Å². The summed E-state index contributed by atoms with van der Waals surface area (Å²) in [5.74, 6) is -0.576. The zero-order chi connectivity index (χ0) is 12.1. The molecular weight excluding hydrogens is 207 g/mol. The van der Waals surface area contributed by atoms with E-state index in [1.54, 1.807) is 6.07 Å². The third-order valence-electron chi connectivity index (χ3n) is 2.56. The fourth-order valence-electron chi connectivity index (χ4n) is 1.55. The zero-order valence-corrected chi connectivity index (χ0v) is 9.41. The van der Waals surface area contributed by atoms with Gasteiger partial charge in [0.1, 0.15) is 5.82 Å². The molecule has 0 fully saturated rings. The Morgan fingerprint density at radius 1 is 1.38 bits per heavy atom. The van der Waals surface area contributed by atoms with E-state index in [9.17, 15) is 4.39 Å². The standard InChI is InChI=1S/C13H17FO2/c1-9-3-4-12(13(14)5-9)10(2)6-11(7-15)8-16/h3-5,11,15-16H,2,6-8H2,1H3. The van der Waals surface area contributed by atoms with E-state index in [1.807, 2.05) is 13.0 Å². The molecule has 3 heteroatoms. The SMILES string of the molecule is C=C(CC(CO)CO)c1ccc(C)cc1F. The molecule has 0 saturated carbocycles. The van der Waals surface area contributed by atoms with Gasteiger partial charge in [-0.2, -0.15) is 0 Å². The maximum absolute atomic E-state index is 13.6. The molecular formula is C13H17FO2. The third-order valence-corrected chi connectivity index (χ3v) is 2.56. The van der Waals surface area contributed by atoms with Crippen LogP contribution in [0.1, 0.15) is 17.5 Å². The van der Waals surface area contributed by atoms with Gasteiger partial charge in [-0.1, -0.05) is 18.7 Å². The van der Waals surface area contributed by atoms with Crippen molar-refractivity contribution in [1.29, 1.82) is 0 Å². The Labute approximate surface area is 95.1 Å². The van der Waals surface area contributed by atoms with E-state index in [0.29, 0.717) is 17.6 Å². The lowest BCUT2D eigenvalue weighted by Crippen LogP contribution is -2.11. The summed E-state index contributed by atoms with van der Waals surface area (Å²) >= 11 is 0. The van der Waals surface area contributed by atoms with Crippen LogP contribution in [0.4, 0.5) is 4.39 Å². The summed E-state index contributed by atoms with van der Waals surface area (Å²) in [4.78, 5) is 0. The Morgan fingerprint density at radius 3 is 2.50 bits per heavy atom. The third kappa shape index (κ3) is 3.15. The molecule has 0 aliphatic rings. The largest absolute Gasteiger partial charge is 0.396 e. The molecule has 0 saturated heterocycles. The van der Waals surface area contributed by atoms with Gasteiger partial charge < -0.3 is 10.2 Å². The second-order valence-corrected chi connectivity index (χ2v) is 4.02. The normalized spacial score (nSPS) is 10.8. The van der Waals surface area contributed by atoms with Gasteiger partial charge >= 0.3 is 0 Å². The molecule has 0 amide bonds. The molecule has 2 nitrogen and oxygen atoms in total. The number of aryl methyl sites for hydroxylation is 1. The van der Waals surface area contributed by atoms with E-state index in [1.165, 1.54) is 6.07 Å².